The minimum Gasteiger partial charge on any atom is 0 e. The van der Waals surface area contributed by atoms with E-state index in [2.05, 4.69) is 0 Å². The molecular weight excluding hydrogens is 327 g/mol. The van der Waals surface area contributed by atoms with Crippen molar-refractivity contribution in [3.8, 4) is 0 Å². The molecule has 0 heterocycles. The molecule has 0 unspecified atom stereocenters. The second-order valence-electron chi connectivity index (χ2n) is 0. The molecule has 0 aromatic carbocycles. The summed E-state index contributed by atoms with van der Waals surface area (Å²) in [6.07, 6.45) is 0. The van der Waals surface area contributed by atoms with E-state index < -0.39 is 0 Å². The summed E-state index contributed by atoms with van der Waals surface area (Å²) in [7, 11) is 0. The first kappa shape index (κ1) is 27.1. The van der Waals surface area contributed by atoms with Gasteiger partial charge in [-0.25, -0.2) is 0 Å². The summed E-state index contributed by atoms with van der Waals surface area (Å²) in [6.45, 7) is 0. The van der Waals surface area contributed by atoms with Gasteiger partial charge in [0.1, 0.15) is 0 Å². The minimum absolute atomic E-state index is 0. The third kappa shape index (κ3) is 8.96. The van der Waals surface area contributed by atoms with E-state index in [0.29, 0.717) is 0 Å². The van der Waals surface area contributed by atoms with Gasteiger partial charge in [0, 0.05) is 53.9 Å². The third-order valence-corrected chi connectivity index (χ3v) is 0. The van der Waals surface area contributed by atoms with Crippen molar-refractivity contribution in [2.75, 3.05) is 0 Å². The van der Waals surface area contributed by atoms with Crippen LogP contribution < -0.4 is 0 Å². The Hall–Kier alpha value is 3.19. The summed E-state index contributed by atoms with van der Waals surface area (Å²) >= 11 is 0. The van der Waals surface area contributed by atoms with Crippen LogP contribution in [-0.2, 0) is 17.1 Å². The Morgan fingerprint density at radius 3 is 1.00 bits per heavy atom. The van der Waals surface area contributed by atoms with Crippen molar-refractivity contribution < 1.29 is 59.4 Å². The molecule has 0 atom stereocenters. The molecule has 0 spiro atoms. The van der Waals surface area contributed by atoms with Crippen molar-refractivity contribution >= 4 is 45.5 Å². The molecule has 4 heteroatoms. The van der Waals surface area contributed by atoms with Gasteiger partial charge in [0.2, 0.25) is 0 Å². The maximum absolute atomic E-state index is 0. The average Bonchev–Trinajstić information content (AvgIpc) is 0. The largest absolute Gasteiger partial charge is 0 e. The van der Waals surface area contributed by atoms with Gasteiger partial charge in [0.25, 0.3) is 0 Å². The Labute approximate surface area is 102 Å². The van der Waals surface area contributed by atoms with Gasteiger partial charge < -0.3 is 5.48 Å². The summed E-state index contributed by atoms with van der Waals surface area (Å²) in [5, 5.41) is 0. The van der Waals surface area contributed by atoms with Crippen LogP contribution in [0.3, 0.4) is 0 Å². The van der Waals surface area contributed by atoms with Gasteiger partial charge in [-0.2, -0.15) is 0 Å². The molecule has 0 saturated carbocycles. The van der Waals surface area contributed by atoms with Gasteiger partial charge in [-0.05, 0) is 0 Å². The Morgan fingerprint density at radius 1 is 1.00 bits per heavy atom. The van der Waals surface area contributed by atoms with E-state index in [9.17, 15) is 0 Å². The summed E-state index contributed by atoms with van der Waals surface area (Å²) in [4.78, 5) is 0. The van der Waals surface area contributed by atoms with Gasteiger partial charge in [-0.15, -0.1) is 0 Å². The quantitative estimate of drug-likeness (QED) is 0.472. The van der Waals surface area contributed by atoms with E-state index >= 15 is 0 Å². The van der Waals surface area contributed by atoms with E-state index in [1.807, 2.05) is 0 Å². The van der Waals surface area contributed by atoms with Crippen molar-refractivity contribution in [1.82, 2.24) is 0 Å². The summed E-state index contributed by atoms with van der Waals surface area (Å²) in [5.74, 6) is 0. The zero-order valence-electron chi connectivity index (χ0n) is 1.16. The number of rotatable bonds is 0. The standard InChI is InChI=1S/Mn.H2O.Sr.Tm.2H/h;1H2;;;;. The fourth-order valence-electron chi connectivity index (χ4n) is 0. The third-order valence-electron chi connectivity index (χ3n) is 0. The predicted octanol–water partition coefficient (Wildman–Crippen LogP) is -1.74. The molecule has 4 heavy (non-hydrogen) atoms. The van der Waals surface area contributed by atoms with Crippen molar-refractivity contribution in [3.05, 3.63) is 0 Å². The molecule has 2 radical (unpaired) electrons. The monoisotopic (exact) mass is 332 g/mol. The summed E-state index contributed by atoms with van der Waals surface area (Å²) < 4.78 is 0. The smallest absolute Gasteiger partial charge is 0 e. The van der Waals surface area contributed by atoms with Gasteiger partial charge >= 0.3 is 45.5 Å². The first-order valence-corrected chi connectivity index (χ1v) is 0. The molecule has 0 aliphatic rings. The van der Waals surface area contributed by atoms with Crippen LogP contribution in [0, 0.1) is 36.9 Å². The molecule has 0 amide bonds. The Bertz CT molecular complexity index is 8.00. The van der Waals surface area contributed by atoms with E-state index in [0.717, 1.165) is 0 Å². The van der Waals surface area contributed by atoms with Crippen LogP contribution in [0.2, 0.25) is 0 Å². The van der Waals surface area contributed by atoms with Crippen molar-refractivity contribution in [2.45, 2.75) is 0 Å². The zero-order valence-corrected chi connectivity index (χ0v) is 4.12. The fraction of sp³-hybridized carbons (Fsp3) is 0. The number of hydrogen-bond acceptors (Lipinski definition) is 0. The van der Waals surface area contributed by atoms with E-state index in [4.69, 9.17) is 0 Å². The molecule has 0 rings (SSSR count). The average molecular weight is 332 g/mol. The summed E-state index contributed by atoms with van der Waals surface area (Å²) in [5.41, 5.74) is 0. The first-order valence-electron chi connectivity index (χ1n) is 0. The topological polar surface area (TPSA) is 31.5 Å². The molecule has 0 aromatic heterocycles. The molecule has 1 nitrogen and oxygen atoms in total. The second kappa shape index (κ2) is 16.4. The van der Waals surface area contributed by atoms with Crippen LogP contribution in [0.4, 0.5) is 0 Å². The Balaban J connectivity index is 0. The molecule has 2 N–H and O–H groups in total. The molecule has 0 aromatic rings. The normalized spacial score (nSPS) is 0. The fourth-order valence-corrected chi connectivity index (χ4v) is 0. The van der Waals surface area contributed by atoms with E-state index in [-0.39, 0.29) is 105 Å². The molecule has 0 fully saturated rings. The summed E-state index contributed by atoms with van der Waals surface area (Å²) in [6, 6.07) is 0. The molecule has 0 saturated heterocycles. The minimum atomic E-state index is 0. The maximum atomic E-state index is 0. The molecule has 0 aliphatic carbocycles. The van der Waals surface area contributed by atoms with Crippen molar-refractivity contribution in [3.63, 3.8) is 0 Å². The molecule has 0 bridgehead atoms. The Morgan fingerprint density at radius 2 is 1.00 bits per heavy atom. The molecule has 32 valence electrons. The predicted molar refractivity (Wildman–Crippen MR) is 12.2 cm³/mol. The van der Waals surface area contributed by atoms with Crippen LogP contribution in [0.15, 0.2) is 0 Å². The van der Waals surface area contributed by atoms with Crippen LogP contribution in [-0.4, -0.2) is 51.0 Å². The van der Waals surface area contributed by atoms with Crippen LogP contribution in [0.1, 0.15) is 0 Å². The number of hydrogen-bond donors (Lipinski definition) is 0. The molecular formula is H4MnOSrTm. The van der Waals surface area contributed by atoms with Crippen LogP contribution in [0.25, 0.3) is 0 Å². The maximum Gasteiger partial charge on any atom is 0 e. The van der Waals surface area contributed by atoms with Gasteiger partial charge in [0.05, 0.1) is 0 Å². The van der Waals surface area contributed by atoms with Crippen molar-refractivity contribution in [1.29, 1.82) is 0 Å². The van der Waals surface area contributed by atoms with Gasteiger partial charge in [0.15, 0.2) is 0 Å². The second-order valence-corrected chi connectivity index (χ2v) is 0. The van der Waals surface area contributed by atoms with Gasteiger partial charge in [-0.1, -0.05) is 0 Å². The Kier molecular flexibility index (Phi) is 111. The van der Waals surface area contributed by atoms with Crippen molar-refractivity contribution in [2.24, 2.45) is 0 Å². The van der Waals surface area contributed by atoms with E-state index in [1.54, 1.807) is 0 Å². The molecule has 0 aliphatic heterocycles. The van der Waals surface area contributed by atoms with Crippen LogP contribution >= 0.6 is 0 Å². The first-order chi connectivity index (χ1) is 0. The SMILES string of the molecule is O.[Mn].[SrH2].[Tm]. The van der Waals surface area contributed by atoms with Crippen LogP contribution in [0.5, 0.6) is 0 Å². The zero-order chi connectivity index (χ0) is 0. The van der Waals surface area contributed by atoms with Gasteiger partial charge in [-0.3, -0.25) is 0 Å². The van der Waals surface area contributed by atoms with E-state index in [1.165, 1.54) is 0 Å².